The Balaban J connectivity index is 1.51. The molecule has 1 aromatic carbocycles. The molecule has 0 saturated carbocycles. The third-order valence-corrected chi connectivity index (χ3v) is 6.53. The molecule has 2 heterocycles. The molecule has 0 fully saturated rings. The Labute approximate surface area is 172 Å². The van der Waals surface area contributed by atoms with Crippen molar-refractivity contribution in [3.8, 4) is 5.75 Å². The van der Waals surface area contributed by atoms with Crippen molar-refractivity contribution in [1.29, 1.82) is 0 Å². The lowest BCUT2D eigenvalue weighted by molar-refractivity contribution is -0.148. The molecule has 0 saturated heterocycles. The van der Waals surface area contributed by atoms with Gasteiger partial charge in [-0.05, 0) is 55.4 Å². The molecule has 4 rings (SSSR count). The fraction of sp³-hybridized carbons (Fsp3) is 0.409. The van der Waals surface area contributed by atoms with E-state index in [1.54, 1.807) is 37.5 Å². The van der Waals surface area contributed by atoms with E-state index >= 15 is 0 Å². The maximum absolute atomic E-state index is 12.7. The van der Waals surface area contributed by atoms with Crippen LogP contribution in [0, 0.1) is 5.92 Å². The van der Waals surface area contributed by atoms with Crippen LogP contribution in [0.3, 0.4) is 0 Å². The van der Waals surface area contributed by atoms with Gasteiger partial charge in [-0.3, -0.25) is 9.59 Å². The van der Waals surface area contributed by atoms with Crippen molar-refractivity contribution in [2.45, 2.75) is 45.6 Å². The van der Waals surface area contributed by atoms with E-state index in [0.29, 0.717) is 17.1 Å². The second-order valence-electron chi connectivity index (χ2n) is 7.64. The van der Waals surface area contributed by atoms with Gasteiger partial charge >= 0.3 is 5.97 Å². The zero-order valence-electron chi connectivity index (χ0n) is 16.8. The minimum atomic E-state index is -0.629. The molecule has 0 aliphatic heterocycles. The minimum absolute atomic E-state index is 0.143. The quantitative estimate of drug-likeness (QED) is 0.642. The van der Waals surface area contributed by atoms with Crippen LogP contribution in [0.4, 0.5) is 0 Å². The van der Waals surface area contributed by atoms with Gasteiger partial charge in [0.1, 0.15) is 10.6 Å². The number of rotatable bonds is 5. The summed E-state index contributed by atoms with van der Waals surface area (Å²) in [4.78, 5) is 34.5. The van der Waals surface area contributed by atoms with Gasteiger partial charge < -0.3 is 14.5 Å². The van der Waals surface area contributed by atoms with Crippen molar-refractivity contribution in [3.05, 3.63) is 56.4 Å². The molecule has 0 radical (unpaired) electrons. The van der Waals surface area contributed by atoms with Gasteiger partial charge in [0, 0.05) is 4.88 Å². The number of thiophene rings is 1. The highest BCUT2D eigenvalue weighted by molar-refractivity contribution is 7.18. The smallest absolute Gasteiger partial charge is 0.310 e. The summed E-state index contributed by atoms with van der Waals surface area (Å²) in [5, 5.41) is 0.706. The summed E-state index contributed by atoms with van der Waals surface area (Å²) in [6.45, 7) is 3.96. The van der Waals surface area contributed by atoms with E-state index in [1.165, 1.54) is 4.88 Å². The largest absolute Gasteiger partial charge is 0.497 e. The monoisotopic (exact) mass is 412 g/mol. The highest BCUT2D eigenvalue weighted by atomic mass is 32.1. The third-order valence-electron chi connectivity index (χ3n) is 5.38. The molecule has 1 aliphatic carbocycles. The number of H-pyrrole nitrogens is 1. The summed E-state index contributed by atoms with van der Waals surface area (Å²) in [5.41, 5.74) is 1.84. The van der Waals surface area contributed by atoms with Crippen molar-refractivity contribution in [2.75, 3.05) is 7.11 Å². The highest BCUT2D eigenvalue weighted by Gasteiger charge is 2.24. The lowest BCUT2D eigenvalue weighted by Gasteiger charge is -2.17. The number of nitrogens with one attached hydrogen (secondary N) is 1. The molecule has 0 bridgehead atoms. The fourth-order valence-electron chi connectivity index (χ4n) is 3.76. The SMILES string of the molecule is COc1ccc(CC(=O)O[C@H](C)c2nc3sc4c(c3c(=O)[nH]2)CC[C@@H](C)C4)cc1. The number of ether oxygens (including phenoxy) is 2. The van der Waals surface area contributed by atoms with E-state index in [1.807, 2.05) is 12.1 Å². The lowest BCUT2D eigenvalue weighted by Crippen LogP contribution is -2.18. The molecular formula is C22H24N2O4S. The number of methoxy groups -OCH3 is 1. The molecule has 2 aromatic heterocycles. The molecule has 0 spiro atoms. The van der Waals surface area contributed by atoms with E-state index in [2.05, 4.69) is 16.9 Å². The van der Waals surface area contributed by atoms with Crippen molar-refractivity contribution in [3.63, 3.8) is 0 Å². The van der Waals surface area contributed by atoms with Crippen molar-refractivity contribution < 1.29 is 14.3 Å². The topological polar surface area (TPSA) is 81.3 Å². The number of aromatic nitrogens is 2. The van der Waals surface area contributed by atoms with Crippen molar-refractivity contribution in [1.82, 2.24) is 9.97 Å². The van der Waals surface area contributed by atoms with Gasteiger partial charge in [-0.25, -0.2) is 4.98 Å². The molecule has 2 atom stereocenters. The average Bonchev–Trinajstić information content (AvgIpc) is 3.06. The predicted molar refractivity (Wildman–Crippen MR) is 113 cm³/mol. The number of benzene rings is 1. The number of fused-ring (bicyclic) bond motifs is 3. The van der Waals surface area contributed by atoms with Crippen LogP contribution >= 0.6 is 11.3 Å². The summed E-state index contributed by atoms with van der Waals surface area (Å²) < 4.78 is 10.6. The number of esters is 1. The fourth-order valence-corrected chi connectivity index (χ4v) is 5.15. The summed E-state index contributed by atoms with van der Waals surface area (Å²) in [5.74, 6) is 1.38. The molecular weight excluding hydrogens is 388 g/mol. The summed E-state index contributed by atoms with van der Waals surface area (Å²) in [6.07, 6.45) is 2.53. The first-order valence-corrected chi connectivity index (χ1v) is 10.6. The van der Waals surface area contributed by atoms with E-state index in [4.69, 9.17) is 9.47 Å². The molecule has 3 aromatic rings. The van der Waals surface area contributed by atoms with Crippen LogP contribution in [0.25, 0.3) is 10.2 Å². The number of aryl methyl sites for hydroxylation is 1. The summed E-state index contributed by atoms with van der Waals surface area (Å²) in [6, 6.07) is 7.26. The van der Waals surface area contributed by atoms with Crippen LogP contribution in [0.5, 0.6) is 5.75 Å². The van der Waals surface area contributed by atoms with Crippen LogP contribution in [0.2, 0.25) is 0 Å². The first-order chi connectivity index (χ1) is 13.9. The van der Waals surface area contributed by atoms with E-state index < -0.39 is 6.10 Å². The van der Waals surface area contributed by atoms with Gasteiger partial charge in [-0.1, -0.05) is 19.1 Å². The Morgan fingerprint density at radius 1 is 1.34 bits per heavy atom. The van der Waals surface area contributed by atoms with Gasteiger partial charge in [-0.15, -0.1) is 11.3 Å². The Hall–Kier alpha value is -2.67. The number of hydrogen-bond donors (Lipinski definition) is 1. The van der Waals surface area contributed by atoms with Gasteiger partial charge in [0.05, 0.1) is 18.9 Å². The average molecular weight is 413 g/mol. The Bertz CT molecular complexity index is 1100. The van der Waals surface area contributed by atoms with Gasteiger partial charge in [0.2, 0.25) is 0 Å². The normalized spacial score (nSPS) is 17.0. The first kappa shape index (κ1) is 19.6. The highest BCUT2D eigenvalue weighted by Crippen LogP contribution is 2.36. The maximum atomic E-state index is 12.7. The van der Waals surface area contributed by atoms with E-state index in [0.717, 1.165) is 41.0 Å². The lowest BCUT2D eigenvalue weighted by atomic mass is 9.89. The number of hydrogen-bond acceptors (Lipinski definition) is 6. The second-order valence-corrected chi connectivity index (χ2v) is 8.72. The zero-order valence-corrected chi connectivity index (χ0v) is 17.6. The molecule has 29 heavy (non-hydrogen) atoms. The molecule has 6 nitrogen and oxygen atoms in total. The number of carbonyl (C=O) groups is 1. The Morgan fingerprint density at radius 2 is 2.10 bits per heavy atom. The second kappa shape index (κ2) is 7.99. The van der Waals surface area contributed by atoms with E-state index in [9.17, 15) is 9.59 Å². The molecule has 1 aliphatic rings. The zero-order chi connectivity index (χ0) is 20.5. The standard InChI is InChI=1S/C22H24N2O4S/c1-12-4-9-16-17(10-12)29-22-19(16)21(26)23-20(24-22)13(2)28-18(25)11-14-5-7-15(27-3)8-6-14/h5-8,12-13H,4,9-11H2,1-3H3,(H,23,24,26)/t12-,13-/m1/s1. The minimum Gasteiger partial charge on any atom is -0.497 e. The molecule has 0 unspecified atom stereocenters. The number of carbonyl (C=O) groups excluding carboxylic acids is 1. The Kier molecular flexibility index (Phi) is 5.41. The predicted octanol–water partition coefficient (Wildman–Crippen LogP) is 3.96. The Morgan fingerprint density at radius 3 is 2.83 bits per heavy atom. The van der Waals surface area contributed by atoms with E-state index in [-0.39, 0.29) is 17.9 Å². The molecule has 1 N–H and O–H groups in total. The van der Waals surface area contributed by atoms with Crippen molar-refractivity contribution >= 4 is 27.5 Å². The molecule has 152 valence electrons. The molecule has 0 amide bonds. The van der Waals surface area contributed by atoms with Gasteiger partial charge in [0.15, 0.2) is 11.9 Å². The van der Waals surface area contributed by atoms with Gasteiger partial charge in [-0.2, -0.15) is 0 Å². The van der Waals surface area contributed by atoms with Crippen LogP contribution in [-0.2, 0) is 28.8 Å². The molecule has 7 heteroatoms. The third kappa shape index (κ3) is 4.05. The van der Waals surface area contributed by atoms with Crippen LogP contribution in [-0.4, -0.2) is 23.0 Å². The summed E-state index contributed by atoms with van der Waals surface area (Å²) in [7, 11) is 1.60. The summed E-state index contributed by atoms with van der Waals surface area (Å²) >= 11 is 1.59. The number of nitrogens with zero attached hydrogens (tertiary/aromatic N) is 1. The van der Waals surface area contributed by atoms with Gasteiger partial charge in [0.25, 0.3) is 5.56 Å². The van der Waals surface area contributed by atoms with Crippen LogP contribution in [0.15, 0.2) is 29.1 Å². The van der Waals surface area contributed by atoms with Crippen LogP contribution in [0.1, 0.15) is 48.2 Å². The van der Waals surface area contributed by atoms with Crippen LogP contribution < -0.4 is 10.3 Å². The maximum Gasteiger partial charge on any atom is 0.310 e. The first-order valence-electron chi connectivity index (χ1n) is 9.81. The number of aromatic amines is 1. The van der Waals surface area contributed by atoms with Crippen molar-refractivity contribution in [2.24, 2.45) is 5.92 Å².